The number of rotatable bonds is 4. The van der Waals surface area contributed by atoms with Crippen molar-refractivity contribution in [3.8, 4) is 0 Å². The molecule has 1 saturated heterocycles. The fourth-order valence-corrected chi connectivity index (χ4v) is 2.19. The van der Waals surface area contributed by atoms with Crippen LogP contribution < -0.4 is 0 Å². The Kier molecular flexibility index (Phi) is 4.11. The molecular formula is C12H23NO. The Morgan fingerprint density at radius 1 is 1.50 bits per heavy atom. The number of likely N-dealkylation sites (tertiary alicyclic amines) is 1. The highest BCUT2D eigenvalue weighted by molar-refractivity contribution is 5.82. The second-order valence-electron chi connectivity index (χ2n) is 4.89. The van der Waals surface area contributed by atoms with E-state index in [2.05, 4.69) is 25.7 Å². The average Bonchev–Trinajstić information content (AvgIpc) is 2.44. The highest BCUT2D eigenvalue weighted by Crippen LogP contribution is 2.22. The van der Waals surface area contributed by atoms with Gasteiger partial charge < -0.3 is 0 Å². The van der Waals surface area contributed by atoms with Gasteiger partial charge in [0.15, 0.2) is 0 Å². The van der Waals surface area contributed by atoms with Gasteiger partial charge in [0.05, 0.1) is 6.54 Å². The van der Waals surface area contributed by atoms with Crippen molar-refractivity contribution in [1.82, 2.24) is 4.90 Å². The first kappa shape index (κ1) is 11.7. The molecule has 1 fully saturated rings. The Morgan fingerprint density at radius 3 is 2.57 bits per heavy atom. The highest BCUT2D eigenvalue weighted by Gasteiger charge is 2.28. The van der Waals surface area contributed by atoms with Crippen LogP contribution in [-0.4, -0.2) is 29.8 Å². The largest absolute Gasteiger partial charge is 0.298 e. The lowest BCUT2D eigenvalue weighted by atomic mass is 10.0. The van der Waals surface area contributed by atoms with Crippen LogP contribution in [0.5, 0.6) is 0 Å². The maximum absolute atomic E-state index is 11.7. The molecule has 0 aromatic heterocycles. The summed E-state index contributed by atoms with van der Waals surface area (Å²) in [6.45, 7) is 10.4. The molecular weight excluding hydrogens is 174 g/mol. The van der Waals surface area contributed by atoms with Gasteiger partial charge in [-0.2, -0.15) is 0 Å². The average molecular weight is 197 g/mol. The summed E-state index contributed by atoms with van der Waals surface area (Å²) in [5.41, 5.74) is 0. The van der Waals surface area contributed by atoms with E-state index in [1.807, 2.05) is 6.92 Å². The van der Waals surface area contributed by atoms with Gasteiger partial charge in [0.1, 0.15) is 5.78 Å². The first-order valence-corrected chi connectivity index (χ1v) is 5.81. The van der Waals surface area contributed by atoms with Crippen molar-refractivity contribution >= 4 is 5.78 Å². The van der Waals surface area contributed by atoms with Crippen LogP contribution in [0.1, 0.15) is 40.5 Å². The molecule has 1 aliphatic heterocycles. The predicted molar refractivity (Wildman–Crippen MR) is 59.3 cm³/mol. The summed E-state index contributed by atoms with van der Waals surface area (Å²) in [7, 11) is 0. The summed E-state index contributed by atoms with van der Waals surface area (Å²) in [5.74, 6) is 1.40. The van der Waals surface area contributed by atoms with Gasteiger partial charge in [-0.25, -0.2) is 0 Å². The van der Waals surface area contributed by atoms with Gasteiger partial charge in [0.25, 0.3) is 0 Å². The molecule has 0 aromatic rings. The zero-order valence-corrected chi connectivity index (χ0v) is 9.92. The van der Waals surface area contributed by atoms with E-state index in [1.165, 1.54) is 6.42 Å². The fraction of sp³-hybridized carbons (Fsp3) is 0.917. The van der Waals surface area contributed by atoms with Crippen molar-refractivity contribution in [3.05, 3.63) is 0 Å². The van der Waals surface area contributed by atoms with E-state index in [9.17, 15) is 4.79 Å². The third kappa shape index (κ3) is 2.81. The van der Waals surface area contributed by atoms with Gasteiger partial charge in [-0.3, -0.25) is 9.69 Å². The minimum absolute atomic E-state index is 0.234. The second kappa shape index (κ2) is 4.92. The van der Waals surface area contributed by atoms with Crippen molar-refractivity contribution in [2.24, 2.45) is 11.8 Å². The van der Waals surface area contributed by atoms with E-state index in [4.69, 9.17) is 0 Å². The zero-order chi connectivity index (χ0) is 10.7. The third-order valence-electron chi connectivity index (χ3n) is 3.43. The molecule has 0 N–H and O–H groups in total. The van der Waals surface area contributed by atoms with Crippen LogP contribution in [0.4, 0.5) is 0 Å². The molecule has 3 atom stereocenters. The zero-order valence-electron chi connectivity index (χ0n) is 9.92. The molecule has 14 heavy (non-hydrogen) atoms. The molecule has 0 aliphatic carbocycles. The number of nitrogens with zero attached hydrogens (tertiary/aromatic N) is 1. The van der Waals surface area contributed by atoms with Crippen molar-refractivity contribution in [1.29, 1.82) is 0 Å². The number of hydrogen-bond acceptors (Lipinski definition) is 2. The van der Waals surface area contributed by atoms with Crippen molar-refractivity contribution in [2.75, 3.05) is 13.1 Å². The molecule has 0 radical (unpaired) electrons. The normalized spacial score (nSPS) is 30.6. The summed E-state index contributed by atoms with van der Waals surface area (Å²) in [6, 6.07) is 0.595. The molecule has 2 nitrogen and oxygen atoms in total. The maximum atomic E-state index is 11.7. The van der Waals surface area contributed by atoms with Gasteiger partial charge in [-0.15, -0.1) is 0 Å². The summed E-state index contributed by atoms with van der Waals surface area (Å²) in [6.07, 6.45) is 2.21. The van der Waals surface area contributed by atoms with Crippen LogP contribution >= 0.6 is 0 Å². The summed E-state index contributed by atoms with van der Waals surface area (Å²) >= 11 is 0. The molecule has 0 aromatic carbocycles. The topological polar surface area (TPSA) is 20.3 Å². The standard InChI is InChI=1S/C12H23NO/c1-5-10(3)12(14)8-13-7-9(2)6-11(13)4/h9-11H,5-8H2,1-4H3. The monoisotopic (exact) mass is 197 g/mol. The van der Waals surface area contributed by atoms with E-state index in [1.54, 1.807) is 0 Å². The summed E-state index contributed by atoms with van der Waals surface area (Å²) in [4.78, 5) is 14.1. The van der Waals surface area contributed by atoms with Gasteiger partial charge in [-0.05, 0) is 25.7 Å². The molecule has 82 valence electrons. The van der Waals surface area contributed by atoms with Crippen LogP contribution in [0.15, 0.2) is 0 Å². The Labute approximate surface area is 87.7 Å². The number of carbonyl (C=O) groups excluding carboxylic acids is 1. The van der Waals surface area contributed by atoms with Crippen LogP contribution in [0.2, 0.25) is 0 Å². The van der Waals surface area contributed by atoms with Crippen molar-refractivity contribution in [2.45, 2.75) is 46.6 Å². The minimum Gasteiger partial charge on any atom is -0.298 e. The van der Waals surface area contributed by atoms with Gasteiger partial charge in [0, 0.05) is 18.5 Å². The molecule has 1 rings (SSSR count). The van der Waals surface area contributed by atoms with Crippen molar-refractivity contribution < 1.29 is 4.79 Å². The van der Waals surface area contributed by atoms with Crippen LogP contribution in [0.25, 0.3) is 0 Å². The van der Waals surface area contributed by atoms with E-state index in [-0.39, 0.29) is 5.92 Å². The Bertz CT molecular complexity index is 202. The van der Waals surface area contributed by atoms with E-state index < -0.39 is 0 Å². The second-order valence-corrected chi connectivity index (χ2v) is 4.89. The van der Waals surface area contributed by atoms with Crippen LogP contribution in [-0.2, 0) is 4.79 Å². The highest BCUT2D eigenvalue weighted by atomic mass is 16.1. The fourth-order valence-electron chi connectivity index (χ4n) is 2.19. The lowest BCUT2D eigenvalue weighted by molar-refractivity contribution is -0.123. The van der Waals surface area contributed by atoms with Crippen molar-refractivity contribution in [3.63, 3.8) is 0 Å². The first-order chi connectivity index (χ1) is 6.54. The van der Waals surface area contributed by atoms with Crippen LogP contribution in [0, 0.1) is 11.8 Å². The Balaban J connectivity index is 2.41. The lowest BCUT2D eigenvalue weighted by Gasteiger charge is -2.21. The SMILES string of the molecule is CCC(C)C(=O)CN1CC(C)CC1C. The first-order valence-electron chi connectivity index (χ1n) is 5.81. The summed E-state index contributed by atoms with van der Waals surface area (Å²) < 4.78 is 0. The van der Waals surface area contributed by atoms with E-state index >= 15 is 0 Å². The molecule has 0 spiro atoms. The van der Waals surface area contributed by atoms with Gasteiger partial charge >= 0.3 is 0 Å². The van der Waals surface area contributed by atoms with Gasteiger partial charge in [-0.1, -0.05) is 20.8 Å². The molecule has 0 bridgehead atoms. The number of hydrogen-bond donors (Lipinski definition) is 0. The minimum atomic E-state index is 0.234. The molecule has 1 aliphatic rings. The lowest BCUT2D eigenvalue weighted by Crippen LogP contribution is -2.34. The van der Waals surface area contributed by atoms with Gasteiger partial charge in [0.2, 0.25) is 0 Å². The molecule has 2 heteroatoms. The smallest absolute Gasteiger partial charge is 0.149 e. The molecule has 0 amide bonds. The quantitative estimate of drug-likeness (QED) is 0.689. The molecule has 1 heterocycles. The van der Waals surface area contributed by atoms with E-state index in [0.717, 1.165) is 18.9 Å². The maximum Gasteiger partial charge on any atom is 0.149 e. The summed E-state index contributed by atoms with van der Waals surface area (Å²) in [5, 5.41) is 0. The number of ketones is 1. The van der Waals surface area contributed by atoms with E-state index in [0.29, 0.717) is 18.4 Å². The third-order valence-corrected chi connectivity index (χ3v) is 3.43. The molecule has 0 saturated carbocycles. The predicted octanol–water partition coefficient (Wildman–Crippen LogP) is 2.33. The number of Topliss-reactive ketones (excluding diaryl/α,β-unsaturated/α-hetero) is 1. The Hall–Kier alpha value is -0.370. The van der Waals surface area contributed by atoms with Crippen LogP contribution in [0.3, 0.4) is 0 Å². The Morgan fingerprint density at radius 2 is 2.14 bits per heavy atom. The number of carbonyl (C=O) groups is 1. The molecule has 3 unspecified atom stereocenters.